The fraction of sp³-hybridized carbons (Fsp3) is 0. The lowest BCUT2D eigenvalue weighted by Crippen LogP contribution is -2.10. The van der Waals surface area contributed by atoms with E-state index in [1.54, 1.807) is 0 Å². The number of hydrogen-bond donors (Lipinski definition) is 0. The Labute approximate surface area is 392 Å². The van der Waals surface area contributed by atoms with Crippen LogP contribution in [0.3, 0.4) is 0 Å². The molecule has 0 amide bonds. The molecule has 318 valence electrons. The van der Waals surface area contributed by atoms with Crippen LogP contribution >= 0.6 is 0 Å². The summed E-state index contributed by atoms with van der Waals surface area (Å²) in [5.74, 6) is 0. The molecular formula is C64H41N3O. The number of hydrogen-bond acceptors (Lipinski definition) is 2. The molecule has 0 aliphatic heterocycles. The summed E-state index contributed by atoms with van der Waals surface area (Å²) in [6, 6.07) is 89.9. The van der Waals surface area contributed by atoms with Crippen LogP contribution in [0.4, 0.5) is 17.1 Å². The van der Waals surface area contributed by atoms with E-state index in [1.807, 2.05) is 12.1 Å². The summed E-state index contributed by atoms with van der Waals surface area (Å²) in [5, 5.41) is 9.63. The van der Waals surface area contributed by atoms with Crippen LogP contribution in [0.1, 0.15) is 0 Å². The van der Waals surface area contributed by atoms with Gasteiger partial charge < -0.3 is 18.5 Å². The van der Waals surface area contributed by atoms with Crippen LogP contribution in [0.5, 0.6) is 0 Å². The van der Waals surface area contributed by atoms with Gasteiger partial charge in [0, 0.05) is 66.3 Å². The van der Waals surface area contributed by atoms with E-state index in [0.717, 1.165) is 61.5 Å². The lowest BCUT2D eigenvalue weighted by Gasteiger charge is -2.26. The maximum Gasteiger partial charge on any atom is 0.143 e. The molecule has 14 rings (SSSR count). The Bertz CT molecular complexity index is 4200. The fourth-order valence-electron chi connectivity index (χ4n) is 10.7. The van der Waals surface area contributed by atoms with Gasteiger partial charge in [0.05, 0.1) is 22.1 Å². The predicted octanol–water partition coefficient (Wildman–Crippen LogP) is 17.7. The highest BCUT2D eigenvalue weighted by Crippen LogP contribution is 2.42. The van der Waals surface area contributed by atoms with Gasteiger partial charge in [0.25, 0.3) is 0 Å². The zero-order valence-corrected chi connectivity index (χ0v) is 36.9. The zero-order valence-electron chi connectivity index (χ0n) is 36.9. The van der Waals surface area contributed by atoms with Gasteiger partial charge >= 0.3 is 0 Å². The Kier molecular flexibility index (Phi) is 8.55. The van der Waals surface area contributed by atoms with Crippen molar-refractivity contribution < 1.29 is 4.42 Å². The average Bonchev–Trinajstić information content (AvgIpc) is 4.07. The fourth-order valence-corrected chi connectivity index (χ4v) is 10.7. The van der Waals surface area contributed by atoms with E-state index in [1.165, 1.54) is 65.5 Å². The number of aromatic nitrogens is 2. The molecule has 68 heavy (non-hydrogen) atoms. The Morgan fingerprint density at radius 1 is 0.294 bits per heavy atom. The quantitative estimate of drug-likeness (QED) is 0.160. The van der Waals surface area contributed by atoms with Gasteiger partial charge in [0.2, 0.25) is 0 Å². The molecule has 0 saturated carbocycles. The maximum absolute atomic E-state index is 6.47. The first-order valence-electron chi connectivity index (χ1n) is 23.2. The van der Waals surface area contributed by atoms with Gasteiger partial charge in [-0.25, -0.2) is 0 Å². The SMILES string of the molecule is c1ccc(-n2c3ccccc3c3cc(-c4ccc5cc(N(c6ccc(-c7cccc8c7oc7ccccc78)cc6)c6ccc(-n7c8ccccc8c8ccccc87)cc6)ccc5c4)ccc32)cc1. The average molecular weight is 868 g/mol. The second-order valence-electron chi connectivity index (χ2n) is 17.7. The number of para-hydroxylation sites is 6. The number of nitrogens with zero attached hydrogens (tertiary/aromatic N) is 3. The zero-order chi connectivity index (χ0) is 44.7. The lowest BCUT2D eigenvalue weighted by molar-refractivity contribution is 0.670. The predicted molar refractivity (Wildman–Crippen MR) is 285 cm³/mol. The van der Waals surface area contributed by atoms with Crippen molar-refractivity contribution >= 4 is 93.4 Å². The van der Waals surface area contributed by atoms with E-state index >= 15 is 0 Å². The molecule has 0 atom stereocenters. The molecule has 0 fully saturated rings. The van der Waals surface area contributed by atoms with Crippen LogP contribution in [-0.4, -0.2) is 9.13 Å². The Balaban J connectivity index is 0.868. The molecule has 3 aromatic heterocycles. The van der Waals surface area contributed by atoms with Gasteiger partial charge in [-0.05, 0) is 131 Å². The standard InChI is InChI=1S/C64H41N3O/c1-2-13-47(14-3-1)66-61-23-10-6-17-55(61)58-41-46(30-38-62(58)66)43-25-26-45-40-51(33-29-44(45)39-43)65(48-31-27-42(28-32-48)52-19-12-20-57-56-18-7-11-24-63(56)68-64(52)57)49-34-36-50(37-35-49)67-59-21-8-4-15-53(59)54-16-5-9-22-60(54)67/h1-41H. The molecule has 0 N–H and O–H groups in total. The van der Waals surface area contributed by atoms with Gasteiger partial charge in [-0.3, -0.25) is 0 Å². The monoisotopic (exact) mass is 867 g/mol. The summed E-state index contributed by atoms with van der Waals surface area (Å²) in [4.78, 5) is 2.37. The first-order valence-corrected chi connectivity index (χ1v) is 23.2. The molecule has 0 spiro atoms. The largest absolute Gasteiger partial charge is 0.455 e. The van der Waals surface area contributed by atoms with E-state index < -0.39 is 0 Å². The number of rotatable bonds is 7. The second kappa shape index (κ2) is 15.2. The van der Waals surface area contributed by atoms with Gasteiger partial charge in [-0.1, -0.05) is 146 Å². The van der Waals surface area contributed by atoms with E-state index in [0.29, 0.717) is 0 Å². The molecular weight excluding hydrogens is 827 g/mol. The molecule has 0 radical (unpaired) electrons. The van der Waals surface area contributed by atoms with Crippen LogP contribution in [-0.2, 0) is 0 Å². The molecule has 0 aliphatic rings. The third-order valence-electron chi connectivity index (χ3n) is 13.9. The number of benzene rings is 11. The van der Waals surface area contributed by atoms with Crippen molar-refractivity contribution in [1.29, 1.82) is 0 Å². The van der Waals surface area contributed by atoms with Gasteiger partial charge in [0.1, 0.15) is 11.2 Å². The van der Waals surface area contributed by atoms with Crippen LogP contribution in [0.15, 0.2) is 253 Å². The third kappa shape index (κ3) is 6.01. The van der Waals surface area contributed by atoms with E-state index in [4.69, 9.17) is 4.42 Å². The highest BCUT2D eigenvalue weighted by Gasteiger charge is 2.19. The first-order chi connectivity index (χ1) is 33.7. The van der Waals surface area contributed by atoms with Crippen molar-refractivity contribution in [3.8, 4) is 33.6 Å². The normalized spacial score (nSPS) is 11.8. The van der Waals surface area contributed by atoms with Crippen molar-refractivity contribution in [3.05, 3.63) is 249 Å². The molecule has 4 nitrogen and oxygen atoms in total. The number of anilines is 3. The first kappa shape index (κ1) is 38.2. The van der Waals surface area contributed by atoms with Gasteiger partial charge in [0.15, 0.2) is 0 Å². The molecule has 3 heterocycles. The van der Waals surface area contributed by atoms with Crippen molar-refractivity contribution in [2.45, 2.75) is 0 Å². The second-order valence-corrected chi connectivity index (χ2v) is 17.7. The van der Waals surface area contributed by atoms with Crippen molar-refractivity contribution in [1.82, 2.24) is 9.13 Å². The van der Waals surface area contributed by atoms with Gasteiger partial charge in [-0.15, -0.1) is 0 Å². The Morgan fingerprint density at radius 3 is 1.49 bits per heavy atom. The lowest BCUT2D eigenvalue weighted by atomic mass is 9.99. The molecule has 0 unspecified atom stereocenters. The number of furan rings is 1. The van der Waals surface area contributed by atoms with E-state index in [-0.39, 0.29) is 0 Å². The molecule has 11 aromatic carbocycles. The van der Waals surface area contributed by atoms with Crippen molar-refractivity contribution in [2.24, 2.45) is 0 Å². The van der Waals surface area contributed by atoms with Crippen molar-refractivity contribution in [2.75, 3.05) is 4.90 Å². The Morgan fingerprint density at radius 2 is 0.779 bits per heavy atom. The van der Waals surface area contributed by atoms with Crippen LogP contribution < -0.4 is 4.90 Å². The maximum atomic E-state index is 6.47. The Hall–Kier alpha value is -9.12. The summed E-state index contributed by atoms with van der Waals surface area (Å²) < 4.78 is 11.2. The van der Waals surface area contributed by atoms with Crippen molar-refractivity contribution in [3.63, 3.8) is 0 Å². The van der Waals surface area contributed by atoms with Crippen LogP contribution in [0.2, 0.25) is 0 Å². The van der Waals surface area contributed by atoms with E-state index in [2.05, 4.69) is 251 Å². The number of fused-ring (bicyclic) bond motifs is 10. The molecule has 0 aliphatic carbocycles. The molecule has 0 saturated heterocycles. The van der Waals surface area contributed by atoms with Crippen LogP contribution in [0.25, 0.3) is 110 Å². The smallest absolute Gasteiger partial charge is 0.143 e. The minimum atomic E-state index is 0.902. The minimum Gasteiger partial charge on any atom is -0.455 e. The highest BCUT2D eigenvalue weighted by atomic mass is 16.3. The summed E-state index contributed by atoms with van der Waals surface area (Å²) in [5.41, 5.74) is 16.7. The van der Waals surface area contributed by atoms with E-state index in [9.17, 15) is 0 Å². The summed E-state index contributed by atoms with van der Waals surface area (Å²) >= 11 is 0. The molecule has 4 heteroatoms. The third-order valence-corrected chi connectivity index (χ3v) is 13.9. The topological polar surface area (TPSA) is 26.2 Å². The molecule has 14 aromatic rings. The summed E-state index contributed by atoms with van der Waals surface area (Å²) in [6.45, 7) is 0. The summed E-state index contributed by atoms with van der Waals surface area (Å²) in [6.07, 6.45) is 0. The summed E-state index contributed by atoms with van der Waals surface area (Å²) in [7, 11) is 0. The van der Waals surface area contributed by atoms with Crippen LogP contribution in [0, 0.1) is 0 Å². The minimum absolute atomic E-state index is 0.902. The molecule has 0 bridgehead atoms. The highest BCUT2D eigenvalue weighted by molar-refractivity contribution is 6.12. The van der Waals surface area contributed by atoms with Gasteiger partial charge in [-0.2, -0.15) is 0 Å².